The number of benzene rings is 2. The fourth-order valence-electron chi connectivity index (χ4n) is 2.90. The van der Waals surface area contributed by atoms with Crippen molar-refractivity contribution in [2.75, 3.05) is 6.54 Å². The molecule has 2 aromatic rings. The molecule has 0 bridgehead atoms. The summed E-state index contributed by atoms with van der Waals surface area (Å²) < 4.78 is 0. The van der Waals surface area contributed by atoms with Crippen molar-refractivity contribution in [3.8, 4) is 0 Å². The summed E-state index contributed by atoms with van der Waals surface area (Å²) in [5.41, 5.74) is 14.3. The molecule has 0 aromatic heterocycles. The molecular weight excluding hydrogens is 298 g/mol. The van der Waals surface area contributed by atoms with Gasteiger partial charge in [0, 0.05) is 6.54 Å². The minimum Gasteiger partial charge on any atom is -0.369 e. The fraction of sp³-hybridized carbons (Fsp3) is 0.263. The van der Waals surface area contributed by atoms with Gasteiger partial charge in [0.05, 0.1) is 0 Å². The molecule has 5 nitrogen and oxygen atoms in total. The van der Waals surface area contributed by atoms with E-state index in [0.717, 1.165) is 31.4 Å². The maximum Gasteiger partial charge on any atom is 0.220 e. The highest BCUT2D eigenvalue weighted by atomic mass is 15.4. The highest BCUT2D eigenvalue weighted by Gasteiger charge is 2.25. The summed E-state index contributed by atoms with van der Waals surface area (Å²) in [7, 11) is 0. The van der Waals surface area contributed by atoms with E-state index in [1.807, 2.05) is 41.3 Å². The zero-order chi connectivity index (χ0) is 16.8. The van der Waals surface area contributed by atoms with Gasteiger partial charge < -0.3 is 16.4 Å². The second-order valence-corrected chi connectivity index (χ2v) is 5.88. The number of guanidine groups is 2. The van der Waals surface area contributed by atoms with Gasteiger partial charge in [-0.3, -0.25) is 0 Å². The summed E-state index contributed by atoms with van der Waals surface area (Å²) in [5, 5.41) is 0. The molecule has 1 aliphatic rings. The Hall–Kier alpha value is -2.82. The Labute approximate surface area is 142 Å². The van der Waals surface area contributed by atoms with Crippen LogP contribution in [0.15, 0.2) is 70.6 Å². The van der Waals surface area contributed by atoms with Crippen molar-refractivity contribution in [2.45, 2.75) is 25.4 Å². The molecule has 3 rings (SSSR count). The zero-order valence-electron chi connectivity index (χ0n) is 13.7. The third-order valence-corrected chi connectivity index (χ3v) is 4.13. The number of hydrogen-bond acceptors (Lipinski definition) is 5. The predicted octanol–water partition coefficient (Wildman–Crippen LogP) is 2.65. The van der Waals surface area contributed by atoms with Crippen LogP contribution in [0.25, 0.3) is 0 Å². The first-order valence-corrected chi connectivity index (χ1v) is 8.27. The van der Waals surface area contributed by atoms with E-state index in [1.54, 1.807) is 0 Å². The zero-order valence-corrected chi connectivity index (χ0v) is 13.7. The quantitative estimate of drug-likeness (QED) is 0.803. The van der Waals surface area contributed by atoms with Crippen LogP contribution in [0.3, 0.4) is 0 Å². The number of aliphatic imine (C=N–C) groups is 2. The maximum absolute atomic E-state index is 6.11. The first kappa shape index (κ1) is 16.1. The first-order chi connectivity index (χ1) is 11.7. The normalized spacial score (nSPS) is 17.3. The first-order valence-electron chi connectivity index (χ1n) is 8.27. The van der Waals surface area contributed by atoms with E-state index >= 15 is 0 Å². The fourth-order valence-corrected chi connectivity index (χ4v) is 2.90. The Morgan fingerprint density at radius 3 is 2.25 bits per heavy atom. The van der Waals surface area contributed by atoms with Crippen LogP contribution in [0.5, 0.6) is 0 Å². The highest BCUT2D eigenvalue weighted by molar-refractivity contribution is 5.95. The molecule has 1 atom stereocenters. The summed E-state index contributed by atoms with van der Waals surface area (Å²) in [6.45, 7) is 0.804. The van der Waals surface area contributed by atoms with Gasteiger partial charge in [-0.15, -0.1) is 0 Å². The van der Waals surface area contributed by atoms with Gasteiger partial charge in [-0.2, -0.15) is 4.99 Å². The van der Waals surface area contributed by atoms with E-state index in [1.165, 1.54) is 5.56 Å². The lowest BCUT2D eigenvalue weighted by Gasteiger charge is -2.32. The molecule has 0 spiro atoms. The molecule has 2 aromatic carbocycles. The third kappa shape index (κ3) is 3.93. The predicted molar refractivity (Wildman–Crippen MR) is 98.5 cm³/mol. The minimum absolute atomic E-state index is 0.194. The second-order valence-electron chi connectivity index (χ2n) is 5.88. The van der Waals surface area contributed by atoms with Gasteiger partial charge in [0.15, 0.2) is 6.17 Å². The summed E-state index contributed by atoms with van der Waals surface area (Å²) in [6, 6.07) is 20.6. The van der Waals surface area contributed by atoms with E-state index in [9.17, 15) is 0 Å². The second kappa shape index (κ2) is 7.64. The summed E-state index contributed by atoms with van der Waals surface area (Å²) in [5.74, 6) is 0.679. The van der Waals surface area contributed by atoms with Crippen molar-refractivity contribution in [1.29, 1.82) is 0 Å². The molecule has 1 unspecified atom stereocenters. The smallest absolute Gasteiger partial charge is 0.220 e. The topological polar surface area (TPSA) is 80.0 Å². The van der Waals surface area contributed by atoms with Crippen molar-refractivity contribution in [2.24, 2.45) is 21.5 Å². The SMILES string of the molecule is NC1=NC(c2ccccc2)N(CCCCc2ccccc2)C(N)=N1. The lowest BCUT2D eigenvalue weighted by atomic mass is 10.1. The van der Waals surface area contributed by atoms with Gasteiger partial charge in [0.25, 0.3) is 0 Å². The number of unbranched alkanes of at least 4 members (excludes halogenated alkanes) is 1. The van der Waals surface area contributed by atoms with Crippen LogP contribution in [0.4, 0.5) is 0 Å². The molecular formula is C19H23N5. The number of hydrogen-bond donors (Lipinski definition) is 2. The Morgan fingerprint density at radius 2 is 1.54 bits per heavy atom. The molecule has 0 saturated heterocycles. The van der Waals surface area contributed by atoms with Gasteiger partial charge in [-0.25, -0.2) is 4.99 Å². The van der Waals surface area contributed by atoms with Crippen LogP contribution in [-0.2, 0) is 6.42 Å². The Bertz CT molecular complexity index is 709. The monoisotopic (exact) mass is 321 g/mol. The molecule has 4 N–H and O–H groups in total. The molecule has 0 aliphatic carbocycles. The number of rotatable bonds is 6. The lowest BCUT2D eigenvalue weighted by Crippen LogP contribution is -2.44. The summed E-state index contributed by atoms with van der Waals surface area (Å²) in [4.78, 5) is 10.6. The molecule has 0 saturated carbocycles. The maximum atomic E-state index is 6.11. The van der Waals surface area contributed by atoms with Gasteiger partial charge in [0.1, 0.15) is 0 Å². The average molecular weight is 321 g/mol. The number of nitrogens with two attached hydrogens (primary N) is 2. The van der Waals surface area contributed by atoms with Crippen LogP contribution >= 0.6 is 0 Å². The van der Waals surface area contributed by atoms with Gasteiger partial charge >= 0.3 is 0 Å². The van der Waals surface area contributed by atoms with E-state index < -0.39 is 0 Å². The molecule has 1 heterocycles. The molecule has 0 radical (unpaired) electrons. The van der Waals surface area contributed by atoms with E-state index in [2.05, 4.69) is 34.3 Å². The Kier molecular flexibility index (Phi) is 5.11. The third-order valence-electron chi connectivity index (χ3n) is 4.13. The summed E-state index contributed by atoms with van der Waals surface area (Å²) >= 11 is 0. The average Bonchev–Trinajstić information content (AvgIpc) is 2.61. The Balaban J connectivity index is 1.62. The van der Waals surface area contributed by atoms with Crippen LogP contribution < -0.4 is 11.5 Å². The van der Waals surface area contributed by atoms with Gasteiger partial charge in [-0.1, -0.05) is 60.7 Å². The van der Waals surface area contributed by atoms with Crippen LogP contribution in [0.1, 0.15) is 30.1 Å². The van der Waals surface area contributed by atoms with Gasteiger partial charge in [0.2, 0.25) is 11.9 Å². The molecule has 1 aliphatic heterocycles. The molecule has 5 heteroatoms. The van der Waals surface area contributed by atoms with Crippen molar-refractivity contribution in [1.82, 2.24) is 4.90 Å². The van der Waals surface area contributed by atoms with Gasteiger partial charge in [-0.05, 0) is 30.4 Å². The number of aryl methyl sites for hydroxylation is 1. The van der Waals surface area contributed by atoms with Crippen molar-refractivity contribution in [3.63, 3.8) is 0 Å². The molecule has 0 amide bonds. The van der Waals surface area contributed by atoms with Crippen LogP contribution in [0.2, 0.25) is 0 Å². The molecule has 0 fully saturated rings. The van der Waals surface area contributed by atoms with Crippen molar-refractivity contribution >= 4 is 11.9 Å². The Morgan fingerprint density at radius 1 is 0.875 bits per heavy atom. The number of nitrogens with zero attached hydrogens (tertiary/aromatic N) is 3. The summed E-state index contributed by atoms with van der Waals surface area (Å²) in [6.07, 6.45) is 2.98. The van der Waals surface area contributed by atoms with Crippen LogP contribution in [0, 0.1) is 0 Å². The lowest BCUT2D eigenvalue weighted by molar-refractivity contribution is 0.309. The minimum atomic E-state index is -0.194. The molecule has 24 heavy (non-hydrogen) atoms. The van der Waals surface area contributed by atoms with E-state index in [0.29, 0.717) is 5.96 Å². The highest BCUT2D eigenvalue weighted by Crippen LogP contribution is 2.25. The standard InChI is InChI=1S/C19H23N5/c20-18-22-17(16-12-5-2-6-13-16)24(19(21)23-18)14-8-7-11-15-9-3-1-4-10-15/h1-6,9-10,12-13,17H,7-8,11,14H2,(H4,20,21,22,23). The van der Waals surface area contributed by atoms with Crippen molar-refractivity contribution < 1.29 is 0 Å². The molecule has 124 valence electrons. The van der Waals surface area contributed by atoms with E-state index in [4.69, 9.17) is 11.5 Å². The largest absolute Gasteiger partial charge is 0.369 e. The van der Waals surface area contributed by atoms with Crippen LogP contribution in [-0.4, -0.2) is 23.4 Å². The van der Waals surface area contributed by atoms with E-state index in [-0.39, 0.29) is 12.1 Å². The van der Waals surface area contributed by atoms with Crippen molar-refractivity contribution in [3.05, 3.63) is 71.8 Å².